The van der Waals surface area contributed by atoms with E-state index >= 15 is 0 Å². The maximum atomic E-state index is 5.67. The highest BCUT2D eigenvalue weighted by molar-refractivity contribution is 5.04. The van der Waals surface area contributed by atoms with E-state index in [9.17, 15) is 0 Å². The Kier molecular flexibility index (Phi) is 3.22. The Hall–Kier alpha value is -0.420. The largest absolute Gasteiger partial charge is 0.354 e. The lowest BCUT2D eigenvalue weighted by Crippen LogP contribution is -2.46. The zero-order valence-electron chi connectivity index (χ0n) is 7.44. The molecule has 3 unspecified atom stereocenters. The van der Waals surface area contributed by atoms with Gasteiger partial charge in [0.25, 0.3) is 0 Å². The third-order valence-corrected chi connectivity index (χ3v) is 1.88. The van der Waals surface area contributed by atoms with Gasteiger partial charge < -0.3 is 20.9 Å². The monoisotopic (exact) mass is 172 g/mol. The number of hydrogen-bond acceptors (Lipinski definition) is 4. The van der Waals surface area contributed by atoms with E-state index < -0.39 is 0 Å². The Morgan fingerprint density at radius 1 is 1.50 bits per heavy atom. The van der Waals surface area contributed by atoms with Crippen LogP contribution < -0.4 is 11.5 Å². The topological polar surface area (TPSA) is 70.5 Å². The van der Waals surface area contributed by atoms with Crippen LogP contribution in [0, 0.1) is 0 Å². The van der Waals surface area contributed by atoms with Gasteiger partial charge in [-0.3, -0.25) is 0 Å². The molecule has 1 heterocycles. The molecule has 1 rings (SSSR count). The van der Waals surface area contributed by atoms with Crippen LogP contribution >= 0.6 is 0 Å². The van der Waals surface area contributed by atoms with Crippen LogP contribution in [-0.2, 0) is 9.47 Å². The van der Waals surface area contributed by atoms with E-state index in [1.54, 1.807) is 7.11 Å². The normalized spacial score (nSPS) is 38.2. The maximum Gasteiger partial charge on any atom is 0.176 e. The second-order valence-electron chi connectivity index (χ2n) is 3.03. The van der Waals surface area contributed by atoms with Crippen molar-refractivity contribution in [2.45, 2.75) is 31.4 Å². The van der Waals surface area contributed by atoms with E-state index in [4.69, 9.17) is 20.9 Å². The first-order valence-corrected chi connectivity index (χ1v) is 4.03. The summed E-state index contributed by atoms with van der Waals surface area (Å²) in [5.74, 6) is 0. The van der Waals surface area contributed by atoms with Crippen molar-refractivity contribution in [1.82, 2.24) is 0 Å². The lowest BCUT2D eigenvalue weighted by Gasteiger charge is -2.30. The van der Waals surface area contributed by atoms with Gasteiger partial charge in [-0.15, -0.1) is 0 Å². The van der Waals surface area contributed by atoms with Gasteiger partial charge in [0.15, 0.2) is 6.29 Å². The first-order valence-electron chi connectivity index (χ1n) is 4.03. The second-order valence-corrected chi connectivity index (χ2v) is 3.03. The van der Waals surface area contributed by atoms with Gasteiger partial charge in [0.2, 0.25) is 0 Å². The smallest absolute Gasteiger partial charge is 0.176 e. The molecule has 0 radical (unpaired) electrons. The molecule has 0 bridgehead atoms. The minimum atomic E-state index is -0.369. The molecule has 1 aliphatic rings. The van der Waals surface area contributed by atoms with Crippen LogP contribution in [0.25, 0.3) is 0 Å². The molecule has 12 heavy (non-hydrogen) atoms. The van der Waals surface area contributed by atoms with Crippen LogP contribution in [-0.4, -0.2) is 31.6 Å². The second kappa shape index (κ2) is 4.00. The number of ether oxygens (including phenoxy) is 2. The van der Waals surface area contributed by atoms with Crippen molar-refractivity contribution >= 4 is 0 Å². The Balaban J connectivity index is 2.58. The molecule has 4 nitrogen and oxygen atoms in total. The standard InChI is InChI=1S/C8H16N2O2/c1-5(9)7-4-3-6(10)8(11-2)12-7/h3-8H,9-10H2,1-2H3/t5?,6?,7?,8-/m0/s1. The SMILES string of the molecule is CO[C@H]1OC(C(C)N)C=CC1N. The molecule has 0 aromatic carbocycles. The van der Waals surface area contributed by atoms with Crippen molar-refractivity contribution in [3.05, 3.63) is 12.2 Å². The molecular weight excluding hydrogens is 156 g/mol. The highest BCUT2D eigenvalue weighted by Crippen LogP contribution is 2.13. The Morgan fingerprint density at radius 3 is 2.67 bits per heavy atom. The van der Waals surface area contributed by atoms with Gasteiger partial charge in [0.1, 0.15) is 0 Å². The summed E-state index contributed by atoms with van der Waals surface area (Å²) < 4.78 is 10.5. The van der Waals surface area contributed by atoms with E-state index in [2.05, 4.69) is 0 Å². The van der Waals surface area contributed by atoms with Crippen LogP contribution in [0.3, 0.4) is 0 Å². The minimum absolute atomic E-state index is 0.0357. The van der Waals surface area contributed by atoms with Crippen molar-refractivity contribution in [1.29, 1.82) is 0 Å². The fraction of sp³-hybridized carbons (Fsp3) is 0.750. The van der Waals surface area contributed by atoms with Gasteiger partial charge in [-0.2, -0.15) is 0 Å². The molecule has 70 valence electrons. The van der Waals surface area contributed by atoms with Crippen LogP contribution in [0.15, 0.2) is 12.2 Å². The Bertz CT molecular complexity index is 170. The van der Waals surface area contributed by atoms with Gasteiger partial charge in [0, 0.05) is 13.2 Å². The molecular formula is C8H16N2O2. The molecule has 4 N–H and O–H groups in total. The van der Waals surface area contributed by atoms with E-state index in [0.717, 1.165) is 0 Å². The zero-order valence-corrected chi connectivity index (χ0v) is 7.44. The summed E-state index contributed by atoms with van der Waals surface area (Å²) in [6.45, 7) is 1.89. The lowest BCUT2D eigenvalue weighted by molar-refractivity contribution is -0.158. The summed E-state index contributed by atoms with van der Waals surface area (Å²) >= 11 is 0. The summed E-state index contributed by atoms with van der Waals surface area (Å²) in [4.78, 5) is 0. The first-order chi connectivity index (χ1) is 5.65. The number of methoxy groups -OCH3 is 1. The number of rotatable bonds is 2. The maximum absolute atomic E-state index is 5.67. The van der Waals surface area contributed by atoms with Crippen molar-refractivity contribution in [3.8, 4) is 0 Å². The predicted octanol–water partition coefficient (Wildman–Crippen LogP) is -0.412. The highest BCUT2D eigenvalue weighted by Gasteiger charge is 2.25. The predicted molar refractivity (Wildman–Crippen MR) is 46.4 cm³/mol. The summed E-state index contributed by atoms with van der Waals surface area (Å²) in [6.07, 6.45) is 3.29. The fourth-order valence-corrected chi connectivity index (χ4v) is 1.13. The number of nitrogens with two attached hydrogens (primary N) is 2. The van der Waals surface area contributed by atoms with E-state index in [1.807, 2.05) is 19.1 Å². The molecule has 4 heteroatoms. The molecule has 0 aromatic rings. The van der Waals surface area contributed by atoms with Crippen molar-refractivity contribution in [3.63, 3.8) is 0 Å². The van der Waals surface area contributed by atoms with Crippen molar-refractivity contribution in [2.24, 2.45) is 11.5 Å². The molecule has 0 saturated heterocycles. The molecule has 0 fully saturated rings. The summed E-state index contributed by atoms with van der Waals surface area (Å²) in [7, 11) is 1.57. The molecule has 0 amide bonds. The van der Waals surface area contributed by atoms with Crippen LogP contribution in [0.1, 0.15) is 6.92 Å². The molecule has 0 spiro atoms. The Morgan fingerprint density at radius 2 is 2.17 bits per heavy atom. The lowest BCUT2D eigenvalue weighted by atomic mass is 10.1. The number of hydrogen-bond donors (Lipinski definition) is 2. The van der Waals surface area contributed by atoms with Gasteiger partial charge in [0.05, 0.1) is 12.1 Å². The first kappa shape index (κ1) is 9.67. The zero-order chi connectivity index (χ0) is 9.14. The third-order valence-electron chi connectivity index (χ3n) is 1.88. The molecule has 0 aromatic heterocycles. The van der Waals surface area contributed by atoms with Crippen LogP contribution in [0.2, 0.25) is 0 Å². The van der Waals surface area contributed by atoms with E-state index in [-0.39, 0.29) is 24.5 Å². The highest BCUT2D eigenvalue weighted by atomic mass is 16.7. The molecule has 1 aliphatic heterocycles. The summed E-state index contributed by atoms with van der Waals surface area (Å²) in [5.41, 5.74) is 11.3. The fourth-order valence-electron chi connectivity index (χ4n) is 1.13. The minimum Gasteiger partial charge on any atom is -0.354 e. The van der Waals surface area contributed by atoms with Crippen LogP contribution in [0.4, 0.5) is 0 Å². The Labute approximate surface area is 72.5 Å². The van der Waals surface area contributed by atoms with Crippen molar-refractivity contribution in [2.75, 3.05) is 7.11 Å². The molecule has 0 saturated carbocycles. The summed E-state index contributed by atoms with van der Waals surface area (Å²) in [5, 5.41) is 0. The molecule has 0 aliphatic carbocycles. The summed E-state index contributed by atoms with van der Waals surface area (Å²) in [6, 6.07) is -0.226. The van der Waals surface area contributed by atoms with Gasteiger partial charge in [-0.25, -0.2) is 0 Å². The van der Waals surface area contributed by atoms with E-state index in [0.29, 0.717) is 0 Å². The third kappa shape index (κ3) is 2.04. The van der Waals surface area contributed by atoms with Crippen molar-refractivity contribution < 1.29 is 9.47 Å². The van der Waals surface area contributed by atoms with Gasteiger partial charge in [-0.1, -0.05) is 12.2 Å². The average molecular weight is 172 g/mol. The van der Waals surface area contributed by atoms with Gasteiger partial charge in [-0.05, 0) is 6.92 Å². The van der Waals surface area contributed by atoms with Gasteiger partial charge >= 0.3 is 0 Å². The average Bonchev–Trinajstić information content (AvgIpc) is 2.05. The molecule has 4 atom stereocenters. The van der Waals surface area contributed by atoms with Crippen LogP contribution in [0.5, 0.6) is 0 Å². The quantitative estimate of drug-likeness (QED) is 0.555. The van der Waals surface area contributed by atoms with E-state index in [1.165, 1.54) is 0 Å².